The van der Waals surface area contributed by atoms with E-state index < -0.39 is 6.36 Å². The van der Waals surface area contributed by atoms with Crippen molar-refractivity contribution in [1.29, 1.82) is 0 Å². The van der Waals surface area contributed by atoms with Crippen molar-refractivity contribution in [2.45, 2.75) is 19.8 Å². The summed E-state index contributed by atoms with van der Waals surface area (Å²) in [7, 11) is 0. The van der Waals surface area contributed by atoms with Crippen LogP contribution in [0.5, 0.6) is 5.75 Å². The van der Waals surface area contributed by atoms with Crippen molar-refractivity contribution in [3.05, 3.63) is 70.6 Å². The van der Waals surface area contributed by atoms with Crippen LogP contribution in [0.2, 0.25) is 5.15 Å². The number of nitrogens with zero attached hydrogens (tertiary/aromatic N) is 5. The molecule has 0 amide bonds. The van der Waals surface area contributed by atoms with E-state index in [4.69, 9.17) is 16.3 Å². The summed E-state index contributed by atoms with van der Waals surface area (Å²) in [5.74, 6) is 0.553. The Morgan fingerprint density at radius 1 is 1.17 bits per heavy atom. The van der Waals surface area contributed by atoms with Gasteiger partial charge >= 0.3 is 6.36 Å². The van der Waals surface area contributed by atoms with Crippen molar-refractivity contribution >= 4 is 23.3 Å². The zero-order chi connectivity index (χ0) is 21.3. The molecule has 0 radical (unpaired) electrons. The molecule has 3 aromatic rings. The Balaban J connectivity index is 1.47. The molecule has 1 aliphatic heterocycles. The molecule has 11 heteroatoms. The second-order valence-electron chi connectivity index (χ2n) is 6.44. The van der Waals surface area contributed by atoms with Gasteiger partial charge in [0.25, 0.3) is 0 Å². The van der Waals surface area contributed by atoms with E-state index in [1.54, 1.807) is 22.0 Å². The number of hydrogen-bond donors (Lipinski definition) is 0. The molecule has 0 saturated carbocycles. The smallest absolute Gasteiger partial charge is 0.453 e. The lowest BCUT2D eigenvalue weighted by Gasteiger charge is -2.08. The Morgan fingerprint density at radius 3 is 2.60 bits per heavy atom. The molecule has 1 aromatic carbocycles. The minimum Gasteiger partial charge on any atom is -0.453 e. The summed E-state index contributed by atoms with van der Waals surface area (Å²) in [6.07, 6.45) is -3.05. The average molecular weight is 438 g/mol. The standard InChI is InChI=1S/C19H15ClF3N5O2/c1-12-8-17(25-27(12)10-13-2-7-16(20)24-9-13)28-11-29-18(26-28)14-3-5-15(6-4-14)30-19(21,22)23/h2-9H,10-11H2,1H3. The summed E-state index contributed by atoms with van der Waals surface area (Å²) < 4.78 is 48.1. The Kier molecular flexibility index (Phi) is 5.25. The molecule has 0 fully saturated rings. The lowest BCUT2D eigenvalue weighted by atomic mass is 10.2. The van der Waals surface area contributed by atoms with Gasteiger partial charge in [-0.15, -0.1) is 18.3 Å². The first-order valence-electron chi connectivity index (χ1n) is 8.77. The molecule has 0 aliphatic carbocycles. The van der Waals surface area contributed by atoms with E-state index in [1.807, 2.05) is 19.1 Å². The van der Waals surface area contributed by atoms with Gasteiger partial charge in [0.1, 0.15) is 10.9 Å². The molecule has 0 atom stereocenters. The van der Waals surface area contributed by atoms with Crippen LogP contribution >= 0.6 is 11.6 Å². The fourth-order valence-electron chi connectivity index (χ4n) is 2.80. The number of aromatic nitrogens is 3. The van der Waals surface area contributed by atoms with Gasteiger partial charge in [0, 0.05) is 23.5 Å². The Hall–Kier alpha value is -3.27. The van der Waals surface area contributed by atoms with Gasteiger partial charge in [0.15, 0.2) is 12.5 Å². The fourth-order valence-corrected chi connectivity index (χ4v) is 2.91. The first kappa shape index (κ1) is 20.0. The van der Waals surface area contributed by atoms with Crippen LogP contribution in [0, 0.1) is 6.92 Å². The third-order valence-electron chi connectivity index (χ3n) is 4.22. The molecule has 0 N–H and O–H groups in total. The highest BCUT2D eigenvalue weighted by atomic mass is 35.5. The summed E-state index contributed by atoms with van der Waals surface area (Å²) in [6, 6.07) is 10.7. The molecule has 0 unspecified atom stereocenters. The summed E-state index contributed by atoms with van der Waals surface area (Å²) >= 11 is 5.81. The van der Waals surface area contributed by atoms with E-state index in [9.17, 15) is 13.2 Å². The number of pyridine rings is 1. The minimum atomic E-state index is -4.74. The average Bonchev–Trinajstić information content (AvgIpc) is 3.30. The molecule has 0 spiro atoms. The lowest BCUT2D eigenvalue weighted by molar-refractivity contribution is -0.274. The highest BCUT2D eigenvalue weighted by Crippen LogP contribution is 2.25. The van der Waals surface area contributed by atoms with Crippen LogP contribution in [0.25, 0.3) is 0 Å². The molecule has 156 valence electrons. The third kappa shape index (κ3) is 4.65. The number of anilines is 1. The predicted octanol–water partition coefficient (Wildman–Crippen LogP) is 4.34. The van der Waals surface area contributed by atoms with Crippen molar-refractivity contribution in [2.75, 3.05) is 11.7 Å². The van der Waals surface area contributed by atoms with Crippen LogP contribution < -0.4 is 9.75 Å². The normalized spacial score (nSPS) is 13.9. The van der Waals surface area contributed by atoms with Crippen LogP contribution in [0.4, 0.5) is 19.0 Å². The van der Waals surface area contributed by atoms with E-state index in [0.29, 0.717) is 23.1 Å². The van der Waals surface area contributed by atoms with E-state index in [-0.39, 0.29) is 18.4 Å². The quantitative estimate of drug-likeness (QED) is 0.555. The maximum atomic E-state index is 12.3. The summed E-state index contributed by atoms with van der Waals surface area (Å²) in [5.41, 5.74) is 2.38. The first-order chi connectivity index (χ1) is 14.3. The largest absolute Gasteiger partial charge is 0.573 e. The number of ether oxygens (including phenoxy) is 2. The molecular formula is C19H15ClF3N5O2. The molecule has 4 rings (SSSR count). The van der Waals surface area contributed by atoms with Crippen molar-refractivity contribution in [3.63, 3.8) is 0 Å². The van der Waals surface area contributed by atoms with E-state index >= 15 is 0 Å². The molecule has 0 saturated heterocycles. The third-order valence-corrected chi connectivity index (χ3v) is 4.45. The fraction of sp³-hybridized carbons (Fsp3) is 0.211. The number of hydrogen-bond acceptors (Lipinski definition) is 6. The molecule has 2 aromatic heterocycles. The number of halogens is 4. The molecule has 30 heavy (non-hydrogen) atoms. The predicted molar refractivity (Wildman–Crippen MR) is 103 cm³/mol. The van der Waals surface area contributed by atoms with Gasteiger partial charge in [0.05, 0.1) is 6.54 Å². The Bertz CT molecular complexity index is 1070. The van der Waals surface area contributed by atoms with Gasteiger partial charge in [0.2, 0.25) is 5.90 Å². The topological polar surface area (TPSA) is 64.8 Å². The van der Waals surface area contributed by atoms with Crippen LogP contribution in [-0.4, -0.2) is 33.8 Å². The monoisotopic (exact) mass is 437 g/mol. The second-order valence-corrected chi connectivity index (χ2v) is 6.83. The molecule has 0 bridgehead atoms. The Labute approximate surface area is 174 Å². The highest BCUT2D eigenvalue weighted by molar-refractivity contribution is 6.29. The first-order valence-corrected chi connectivity index (χ1v) is 9.15. The van der Waals surface area contributed by atoms with Gasteiger partial charge in [-0.3, -0.25) is 4.68 Å². The maximum absolute atomic E-state index is 12.3. The molecular weight excluding hydrogens is 423 g/mol. The van der Waals surface area contributed by atoms with Crippen LogP contribution in [0.1, 0.15) is 16.8 Å². The lowest BCUT2D eigenvalue weighted by Crippen LogP contribution is -2.17. The van der Waals surface area contributed by atoms with Gasteiger partial charge in [-0.2, -0.15) is 5.10 Å². The van der Waals surface area contributed by atoms with Crippen LogP contribution in [-0.2, 0) is 11.3 Å². The van der Waals surface area contributed by atoms with E-state index in [1.165, 1.54) is 24.3 Å². The number of alkyl halides is 3. The summed E-state index contributed by atoms with van der Waals surface area (Å²) in [4.78, 5) is 4.06. The number of benzene rings is 1. The van der Waals surface area contributed by atoms with Gasteiger partial charge in [-0.1, -0.05) is 17.7 Å². The van der Waals surface area contributed by atoms with Gasteiger partial charge in [-0.05, 0) is 42.8 Å². The maximum Gasteiger partial charge on any atom is 0.573 e. The number of aryl methyl sites for hydroxylation is 1. The van der Waals surface area contributed by atoms with Crippen molar-refractivity contribution in [3.8, 4) is 5.75 Å². The zero-order valence-corrected chi connectivity index (χ0v) is 16.4. The van der Waals surface area contributed by atoms with Crippen LogP contribution in [0.15, 0.2) is 53.8 Å². The van der Waals surface area contributed by atoms with Crippen molar-refractivity contribution in [1.82, 2.24) is 14.8 Å². The molecule has 1 aliphatic rings. The summed E-state index contributed by atoms with van der Waals surface area (Å²) in [5, 5.41) is 10.9. The number of hydrazone groups is 1. The second kappa shape index (κ2) is 7.86. The van der Waals surface area contributed by atoms with Crippen molar-refractivity contribution in [2.24, 2.45) is 5.10 Å². The summed E-state index contributed by atoms with van der Waals surface area (Å²) in [6.45, 7) is 2.57. The highest BCUT2D eigenvalue weighted by Gasteiger charge is 2.31. The zero-order valence-electron chi connectivity index (χ0n) is 15.6. The molecule has 3 heterocycles. The van der Waals surface area contributed by atoms with Crippen LogP contribution in [0.3, 0.4) is 0 Å². The van der Waals surface area contributed by atoms with Gasteiger partial charge in [-0.25, -0.2) is 9.99 Å². The van der Waals surface area contributed by atoms with E-state index in [2.05, 4.69) is 19.9 Å². The van der Waals surface area contributed by atoms with Gasteiger partial charge < -0.3 is 9.47 Å². The molecule has 7 nitrogen and oxygen atoms in total. The van der Waals surface area contributed by atoms with Crippen molar-refractivity contribution < 1.29 is 22.6 Å². The Morgan fingerprint density at radius 2 is 1.93 bits per heavy atom. The SMILES string of the molecule is Cc1cc(N2COC(c3ccc(OC(F)(F)F)cc3)=N2)nn1Cc1ccc(Cl)nc1. The number of rotatable bonds is 5. The van der Waals surface area contributed by atoms with E-state index in [0.717, 1.165) is 11.3 Å². The minimum absolute atomic E-state index is 0.134.